The summed E-state index contributed by atoms with van der Waals surface area (Å²) in [5, 5.41) is 0. The maximum Gasteiger partial charge on any atom is 2.00 e. The fourth-order valence-electron chi connectivity index (χ4n) is 2.76. The van der Waals surface area contributed by atoms with Crippen LogP contribution in [0.15, 0.2) is 0 Å². The van der Waals surface area contributed by atoms with E-state index in [0.29, 0.717) is 0 Å². The minimum Gasteiger partial charge on any atom is -0.332 e. The van der Waals surface area contributed by atoms with Crippen molar-refractivity contribution in [2.24, 2.45) is 23.7 Å². The van der Waals surface area contributed by atoms with Gasteiger partial charge in [0.25, 0.3) is 0 Å². The monoisotopic (exact) mass is 322 g/mol. The molecule has 0 bridgehead atoms. The standard InChI is InChI=1S/C15H31.C5H11.Ca/c1-12(2)10-14(5)8-7-9-15(6)11-13(3)4;1-3-5-4-2;/h7,12-15H,8-11H2,1-6H3;3H,4-5H2,1-2H3;/q2*-1;+2. The van der Waals surface area contributed by atoms with E-state index in [1.165, 1.54) is 38.5 Å². The first-order chi connectivity index (χ1) is 9.33. The maximum absolute atomic E-state index is 2.51. The molecule has 2 atom stereocenters. The molecule has 0 aliphatic rings. The second kappa shape index (κ2) is 19.3. The van der Waals surface area contributed by atoms with E-state index in [1.54, 1.807) is 0 Å². The average Bonchev–Trinajstić information content (AvgIpc) is 2.28. The van der Waals surface area contributed by atoms with Gasteiger partial charge in [-0.2, -0.15) is 26.2 Å². The third-order valence-electron chi connectivity index (χ3n) is 3.46. The Bertz CT molecular complexity index is 157. The quantitative estimate of drug-likeness (QED) is 0.301. The summed E-state index contributed by atoms with van der Waals surface area (Å²) in [7, 11) is 0. The van der Waals surface area contributed by atoms with E-state index < -0.39 is 0 Å². The van der Waals surface area contributed by atoms with Crippen LogP contribution < -0.4 is 0 Å². The molecule has 0 saturated carbocycles. The summed E-state index contributed by atoms with van der Waals surface area (Å²) in [5.74, 6) is 3.44. The molecule has 0 amide bonds. The van der Waals surface area contributed by atoms with Gasteiger partial charge in [-0.25, -0.2) is 0 Å². The molecule has 0 saturated heterocycles. The first kappa shape index (κ1) is 27.1. The summed E-state index contributed by atoms with van der Waals surface area (Å²) in [4.78, 5) is 0. The van der Waals surface area contributed by atoms with Crippen LogP contribution in [-0.2, 0) is 0 Å². The molecule has 0 rings (SSSR count). The van der Waals surface area contributed by atoms with Crippen molar-refractivity contribution in [2.45, 2.75) is 93.9 Å². The number of unbranched alkanes of at least 4 members (excludes halogenated alkanes) is 2. The van der Waals surface area contributed by atoms with Crippen LogP contribution in [0.3, 0.4) is 0 Å². The Morgan fingerprint density at radius 3 is 1.33 bits per heavy atom. The Hall–Kier alpha value is 1.26. The van der Waals surface area contributed by atoms with Crippen LogP contribution in [0.25, 0.3) is 0 Å². The Labute approximate surface area is 167 Å². The van der Waals surface area contributed by atoms with Crippen molar-refractivity contribution in [2.75, 3.05) is 0 Å². The van der Waals surface area contributed by atoms with Gasteiger partial charge in [0.1, 0.15) is 0 Å². The molecule has 0 aromatic carbocycles. The molecule has 1 heteroatoms. The van der Waals surface area contributed by atoms with E-state index in [9.17, 15) is 0 Å². The zero-order valence-corrected chi connectivity index (χ0v) is 18.6. The zero-order valence-electron chi connectivity index (χ0n) is 16.4. The van der Waals surface area contributed by atoms with Crippen molar-refractivity contribution in [1.29, 1.82) is 0 Å². The predicted octanol–water partition coefficient (Wildman–Crippen LogP) is 6.97. The van der Waals surface area contributed by atoms with Crippen LogP contribution in [0.2, 0.25) is 0 Å². The average molecular weight is 323 g/mol. The van der Waals surface area contributed by atoms with Gasteiger partial charge in [0.05, 0.1) is 0 Å². The number of hydrogen-bond donors (Lipinski definition) is 0. The molecule has 124 valence electrons. The molecule has 2 unspecified atom stereocenters. The minimum atomic E-state index is 0. The van der Waals surface area contributed by atoms with Crippen molar-refractivity contribution in [3.63, 3.8) is 0 Å². The molecule has 21 heavy (non-hydrogen) atoms. The molecule has 0 aliphatic carbocycles. The molecule has 0 N–H and O–H groups in total. The van der Waals surface area contributed by atoms with Crippen LogP contribution >= 0.6 is 0 Å². The van der Waals surface area contributed by atoms with E-state index >= 15 is 0 Å². The van der Waals surface area contributed by atoms with Gasteiger partial charge in [-0.05, 0) is 11.8 Å². The minimum absolute atomic E-state index is 0. The van der Waals surface area contributed by atoms with E-state index in [-0.39, 0.29) is 37.7 Å². The molecule has 0 aromatic rings. The second-order valence-electron chi connectivity index (χ2n) is 7.43. The van der Waals surface area contributed by atoms with Gasteiger partial charge in [0.2, 0.25) is 0 Å². The summed E-state index contributed by atoms with van der Waals surface area (Å²) in [6, 6.07) is 0. The fourth-order valence-corrected chi connectivity index (χ4v) is 2.76. The third kappa shape index (κ3) is 26.5. The fraction of sp³-hybridized carbons (Fsp3) is 0.900. The molecular weight excluding hydrogens is 280 g/mol. The van der Waals surface area contributed by atoms with Crippen molar-refractivity contribution in [1.82, 2.24) is 0 Å². The summed E-state index contributed by atoms with van der Waals surface area (Å²) in [6.07, 6.45) is 12.6. The smallest absolute Gasteiger partial charge is 0.332 e. The Kier molecular flexibility index (Phi) is 24.9. The van der Waals surface area contributed by atoms with Crippen LogP contribution in [0.5, 0.6) is 0 Å². The number of rotatable bonds is 10. The van der Waals surface area contributed by atoms with Crippen LogP contribution in [0, 0.1) is 36.5 Å². The van der Waals surface area contributed by atoms with E-state index in [0.717, 1.165) is 23.7 Å². The van der Waals surface area contributed by atoms with Gasteiger partial charge in [-0.1, -0.05) is 79.6 Å². The van der Waals surface area contributed by atoms with Gasteiger partial charge in [0, 0.05) is 0 Å². The largest absolute Gasteiger partial charge is 2.00 e. The van der Waals surface area contributed by atoms with Gasteiger partial charge in [-0.15, -0.1) is 0 Å². The van der Waals surface area contributed by atoms with Gasteiger partial charge in [-0.3, -0.25) is 0 Å². The number of hydrogen-bond acceptors (Lipinski definition) is 0. The first-order valence-corrected chi connectivity index (χ1v) is 8.92. The van der Waals surface area contributed by atoms with Crippen molar-refractivity contribution in [3.05, 3.63) is 12.8 Å². The van der Waals surface area contributed by atoms with Crippen LogP contribution in [0.4, 0.5) is 0 Å². The van der Waals surface area contributed by atoms with E-state index in [1.807, 2.05) is 0 Å². The summed E-state index contributed by atoms with van der Waals surface area (Å²) < 4.78 is 0. The van der Waals surface area contributed by atoms with Gasteiger partial charge in [0.15, 0.2) is 0 Å². The van der Waals surface area contributed by atoms with Crippen LogP contribution in [-0.4, -0.2) is 37.7 Å². The Morgan fingerprint density at radius 2 is 1.14 bits per heavy atom. The molecule has 0 aromatic heterocycles. The van der Waals surface area contributed by atoms with Crippen molar-refractivity contribution >= 4 is 37.7 Å². The molecule has 0 heterocycles. The van der Waals surface area contributed by atoms with Crippen LogP contribution in [0.1, 0.15) is 93.9 Å². The molecular formula is C20H42Ca. The van der Waals surface area contributed by atoms with Crippen molar-refractivity contribution < 1.29 is 0 Å². The predicted molar refractivity (Wildman–Crippen MR) is 101 cm³/mol. The Morgan fingerprint density at radius 1 is 0.762 bits per heavy atom. The summed E-state index contributed by atoms with van der Waals surface area (Å²) in [6.45, 7) is 18.3. The van der Waals surface area contributed by atoms with E-state index in [2.05, 4.69) is 68.2 Å². The molecule has 0 radical (unpaired) electrons. The summed E-state index contributed by atoms with van der Waals surface area (Å²) in [5.41, 5.74) is 0. The topological polar surface area (TPSA) is 0 Å². The molecule has 0 aliphatic heterocycles. The SMILES string of the molecule is CC(C)CC(C)C[CH-]CC(C)CC(C)C.C[CH-]CCC.[Ca+2]. The second-order valence-corrected chi connectivity index (χ2v) is 7.43. The third-order valence-corrected chi connectivity index (χ3v) is 3.46. The molecule has 0 nitrogen and oxygen atoms in total. The summed E-state index contributed by atoms with van der Waals surface area (Å²) >= 11 is 0. The zero-order chi connectivity index (χ0) is 16.0. The van der Waals surface area contributed by atoms with Gasteiger partial charge < -0.3 is 12.8 Å². The Balaban J connectivity index is -0.000000465. The maximum atomic E-state index is 2.51. The van der Waals surface area contributed by atoms with E-state index in [4.69, 9.17) is 0 Å². The molecule has 0 fully saturated rings. The first-order valence-electron chi connectivity index (χ1n) is 8.92. The van der Waals surface area contributed by atoms with Crippen molar-refractivity contribution in [3.8, 4) is 0 Å². The van der Waals surface area contributed by atoms with Gasteiger partial charge >= 0.3 is 37.7 Å². The molecule has 0 spiro atoms. The normalized spacial score (nSPS) is 13.4.